The van der Waals surface area contributed by atoms with Crippen LogP contribution >= 0.6 is 0 Å². The molecule has 5 heterocycles. The molecule has 0 aromatic heterocycles. The maximum atomic E-state index is 13.5. The molecule has 2 N–H and O–H groups in total. The fraction of sp³-hybridized carbons (Fsp3) is 0.436. The van der Waals surface area contributed by atoms with Crippen LogP contribution in [0.4, 0.5) is 9.59 Å². The minimum Gasteiger partial charge on any atom is -0.453 e. The third-order valence-electron chi connectivity index (χ3n) is 10.7. The lowest BCUT2D eigenvalue weighted by Gasteiger charge is -2.38. The number of carbonyl (C=O) groups is 4. The van der Waals surface area contributed by atoms with Crippen molar-refractivity contribution in [3.8, 4) is 11.1 Å². The van der Waals surface area contributed by atoms with E-state index in [0.717, 1.165) is 57.7 Å². The van der Waals surface area contributed by atoms with E-state index < -0.39 is 18.2 Å². The number of nitrogens with zero attached hydrogens (tertiary/aromatic N) is 5. The van der Waals surface area contributed by atoms with Gasteiger partial charge >= 0.3 is 12.2 Å². The molecule has 0 bridgehead atoms. The minimum absolute atomic E-state index is 0.00300. The van der Waals surface area contributed by atoms with Gasteiger partial charge in [-0.1, -0.05) is 62.4 Å². The van der Waals surface area contributed by atoms with E-state index in [1.165, 1.54) is 19.1 Å². The van der Waals surface area contributed by atoms with Crippen molar-refractivity contribution in [1.82, 2.24) is 25.3 Å². The molecule has 0 aliphatic carbocycles. The predicted molar refractivity (Wildman–Crippen MR) is 197 cm³/mol. The van der Waals surface area contributed by atoms with Crippen LogP contribution in [0.3, 0.4) is 0 Å². The Balaban J connectivity index is 0.936. The van der Waals surface area contributed by atoms with Gasteiger partial charge in [0.2, 0.25) is 11.8 Å². The number of hydrogen-bond donors (Lipinski definition) is 2. The van der Waals surface area contributed by atoms with Gasteiger partial charge in [0.25, 0.3) is 0 Å². The van der Waals surface area contributed by atoms with Crippen LogP contribution in [0.15, 0.2) is 70.9 Å². The Morgan fingerprint density at radius 2 is 1.42 bits per heavy atom. The highest BCUT2D eigenvalue weighted by Crippen LogP contribution is 2.33. The third-order valence-corrected chi connectivity index (χ3v) is 10.7. The van der Waals surface area contributed by atoms with Crippen molar-refractivity contribution >= 4 is 46.6 Å². The van der Waals surface area contributed by atoms with E-state index in [2.05, 4.69) is 59.2 Å². The molecule has 0 unspecified atom stereocenters. The van der Waals surface area contributed by atoms with Crippen LogP contribution in [0.5, 0.6) is 0 Å². The van der Waals surface area contributed by atoms with Gasteiger partial charge in [0.05, 0.1) is 32.8 Å². The van der Waals surface area contributed by atoms with Crippen molar-refractivity contribution in [2.45, 2.75) is 63.8 Å². The fourth-order valence-corrected chi connectivity index (χ4v) is 7.89. The number of aliphatic imine (C=N–C) groups is 2. The molecule has 2 aromatic carbocycles. The van der Waals surface area contributed by atoms with E-state index in [9.17, 15) is 19.2 Å². The van der Waals surface area contributed by atoms with E-state index in [-0.39, 0.29) is 42.5 Å². The second-order valence-corrected chi connectivity index (χ2v) is 14.2. The summed E-state index contributed by atoms with van der Waals surface area (Å²) < 4.78 is 9.58. The van der Waals surface area contributed by atoms with Crippen LogP contribution in [-0.4, -0.2) is 115 Å². The van der Waals surface area contributed by atoms with Crippen LogP contribution in [0, 0.1) is 5.92 Å². The smallest absolute Gasteiger partial charge is 0.410 e. The number of allylic oxidation sites excluding steroid dienone is 2. The molecule has 5 aliphatic rings. The number of piperazine rings is 1. The molecule has 0 radical (unpaired) electrons. The van der Waals surface area contributed by atoms with Gasteiger partial charge in [-0.05, 0) is 52.2 Å². The number of nitrogens with one attached hydrogen (secondary N) is 2. The summed E-state index contributed by atoms with van der Waals surface area (Å²) >= 11 is 0. The van der Waals surface area contributed by atoms with E-state index in [4.69, 9.17) is 19.5 Å². The Morgan fingerprint density at radius 1 is 0.846 bits per heavy atom. The number of alkyl carbamates (subject to hydrolysis) is 1. The number of amides is 4. The lowest BCUT2D eigenvalue weighted by Crippen LogP contribution is -2.60. The van der Waals surface area contributed by atoms with Crippen LogP contribution in [0.25, 0.3) is 22.3 Å². The first-order valence-corrected chi connectivity index (χ1v) is 17.9. The quantitative estimate of drug-likeness (QED) is 0.416. The Labute approximate surface area is 303 Å². The van der Waals surface area contributed by atoms with E-state index in [0.29, 0.717) is 32.5 Å². The number of hydrogen-bond acceptors (Lipinski definition) is 9. The molecule has 4 atom stereocenters. The van der Waals surface area contributed by atoms with Crippen molar-refractivity contribution in [2.75, 3.05) is 40.4 Å². The van der Waals surface area contributed by atoms with Crippen LogP contribution in [0.1, 0.15) is 50.7 Å². The zero-order valence-corrected chi connectivity index (χ0v) is 30.0. The number of ether oxygens (including phenoxy) is 2. The summed E-state index contributed by atoms with van der Waals surface area (Å²) in [5.74, 6) is -0.290. The van der Waals surface area contributed by atoms with E-state index in [1.807, 2.05) is 36.0 Å². The van der Waals surface area contributed by atoms with Crippen molar-refractivity contribution in [2.24, 2.45) is 15.9 Å². The largest absolute Gasteiger partial charge is 0.453 e. The van der Waals surface area contributed by atoms with Crippen molar-refractivity contribution in [3.05, 3.63) is 72.1 Å². The van der Waals surface area contributed by atoms with Crippen molar-refractivity contribution in [1.29, 1.82) is 0 Å². The van der Waals surface area contributed by atoms with E-state index in [1.54, 1.807) is 0 Å². The highest BCUT2D eigenvalue weighted by atomic mass is 16.5. The second-order valence-electron chi connectivity index (χ2n) is 14.2. The standard InChI is InChI=1S/C39H45N7O6/c1-23(2)36(43-38(49)51-3)37(48)45-15-5-6-32(45)30-16-28(18-40-30)26-11-7-24(8-12-26)25-9-13-27(14-10-25)29-17-31(41-19-29)33-20-42-34-21-44(39(50)52-4)22-35(47)46(33)34/h7-14,18-19,23,32-34,36,42H,5-6,15-17,20-22H2,1-4H3,(H,43,49)/t32-,33-,34+,36-/m0/s1. The van der Waals surface area contributed by atoms with Crippen LogP contribution < -0.4 is 10.6 Å². The number of likely N-dealkylation sites (tertiary alicyclic amines) is 1. The van der Waals surface area contributed by atoms with Crippen molar-refractivity contribution in [3.63, 3.8) is 0 Å². The van der Waals surface area contributed by atoms with Gasteiger partial charge in [-0.25, -0.2) is 9.59 Å². The molecule has 2 aromatic rings. The summed E-state index contributed by atoms with van der Waals surface area (Å²) in [6.45, 7) is 5.45. The Bertz CT molecular complexity index is 1870. The topological polar surface area (TPSA) is 145 Å². The molecule has 0 spiro atoms. The maximum Gasteiger partial charge on any atom is 0.410 e. The Morgan fingerprint density at radius 3 is 1.98 bits per heavy atom. The second kappa shape index (κ2) is 14.7. The van der Waals surface area contributed by atoms with Gasteiger partial charge in [0.15, 0.2) is 0 Å². The minimum atomic E-state index is -0.655. The number of rotatable bonds is 8. The zero-order valence-electron chi connectivity index (χ0n) is 30.0. The average Bonchev–Trinajstić information content (AvgIpc) is 3.99. The highest BCUT2D eigenvalue weighted by molar-refractivity contribution is 6.05. The molecule has 0 saturated carbocycles. The highest BCUT2D eigenvalue weighted by Gasteiger charge is 2.45. The number of benzene rings is 2. The lowest BCUT2D eigenvalue weighted by molar-refractivity contribution is -0.138. The maximum absolute atomic E-state index is 13.5. The Kier molecular flexibility index (Phi) is 9.96. The number of fused-ring (bicyclic) bond motifs is 1. The molecule has 7 rings (SSSR count). The summed E-state index contributed by atoms with van der Waals surface area (Å²) in [5, 5.41) is 6.09. The Hall–Kier alpha value is -5.30. The van der Waals surface area contributed by atoms with Gasteiger partial charge in [-0.2, -0.15) is 0 Å². The summed E-state index contributed by atoms with van der Waals surface area (Å²) in [4.78, 5) is 65.1. The molecular formula is C39H45N7O6. The molecule has 13 heteroatoms. The average molecular weight is 708 g/mol. The normalized spacial score (nSPS) is 23.2. The SMILES string of the molecule is COC(=O)N[C@H](C(=O)N1CCC[C@H]1C1=NC=C(c2ccc(-c3ccc(C4=CN=C([C@@H]5CN[C@H]6CN(C(=O)OC)CC(=O)N65)C4)cc3)cc2)C1)C(C)C. The van der Waals surface area contributed by atoms with Crippen LogP contribution in [0.2, 0.25) is 0 Å². The molecule has 4 amide bonds. The van der Waals surface area contributed by atoms with Gasteiger partial charge in [0.1, 0.15) is 18.8 Å². The molecular weight excluding hydrogens is 662 g/mol. The predicted octanol–water partition coefficient (Wildman–Crippen LogP) is 4.30. The molecule has 5 aliphatic heterocycles. The molecule has 3 saturated heterocycles. The van der Waals surface area contributed by atoms with E-state index >= 15 is 0 Å². The molecule has 272 valence electrons. The summed E-state index contributed by atoms with van der Waals surface area (Å²) in [6, 6.07) is 16.1. The first-order valence-electron chi connectivity index (χ1n) is 17.9. The first kappa shape index (κ1) is 35.1. The van der Waals surface area contributed by atoms with Gasteiger partial charge in [-0.3, -0.25) is 29.8 Å². The lowest BCUT2D eigenvalue weighted by atomic mass is 9.94. The third kappa shape index (κ3) is 6.84. The molecule has 52 heavy (non-hydrogen) atoms. The monoisotopic (exact) mass is 707 g/mol. The summed E-state index contributed by atoms with van der Waals surface area (Å²) in [7, 11) is 2.62. The number of methoxy groups -OCH3 is 2. The fourth-order valence-electron chi connectivity index (χ4n) is 7.89. The zero-order chi connectivity index (χ0) is 36.5. The molecule has 13 nitrogen and oxygen atoms in total. The summed E-state index contributed by atoms with van der Waals surface area (Å²) in [5.41, 5.74) is 8.53. The van der Waals surface area contributed by atoms with Gasteiger partial charge < -0.3 is 24.6 Å². The summed E-state index contributed by atoms with van der Waals surface area (Å²) in [6.07, 6.45) is 5.53. The van der Waals surface area contributed by atoms with Gasteiger partial charge in [0, 0.05) is 49.8 Å². The number of carbonyl (C=O) groups excluding carboxylic acids is 4. The van der Waals surface area contributed by atoms with Gasteiger partial charge in [-0.15, -0.1) is 0 Å². The van der Waals surface area contributed by atoms with Crippen LogP contribution in [-0.2, 0) is 19.1 Å². The first-order chi connectivity index (χ1) is 25.1. The molecule has 3 fully saturated rings. The van der Waals surface area contributed by atoms with Crippen molar-refractivity contribution < 1.29 is 28.7 Å².